The molecule has 3 aromatic rings. The third-order valence-corrected chi connectivity index (χ3v) is 4.45. The molecule has 0 aromatic heterocycles. The second kappa shape index (κ2) is 8.00. The Labute approximate surface area is 150 Å². The quantitative estimate of drug-likeness (QED) is 0.541. The van der Waals surface area contributed by atoms with Crippen LogP contribution in [0.4, 0.5) is 0 Å². The van der Waals surface area contributed by atoms with Crippen molar-refractivity contribution in [2.75, 3.05) is 13.7 Å². The van der Waals surface area contributed by atoms with E-state index < -0.39 is 0 Å². The van der Waals surface area contributed by atoms with Crippen molar-refractivity contribution in [2.24, 2.45) is 0 Å². The fourth-order valence-electron chi connectivity index (χ4n) is 2.95. The molecule has 0 fully saturated rings. The van der Waals surface area contributed by atoms with Crippen molar-refractivity contribution in [2.45, 2.75) is 20.0 Å². The zero-order chi connectivity index (χ0) is 17.6. The van der Waals surface area contributed by atoms with Crippen LogP contribution in [0.1, 0.15) is 25.5 Å². The number of hydrogen-bond donors (Lipinski definition) is 0. The van der Waals surface area contributed by atoms with E-state index in [2.05, 4.69) is 67.6 Å². The zero-order valence-corrected chi connectivity index (χ0v) is 15.0. The average Bonchev–Trinajstić information content (AvgIpc) is 2.68. The third-order valence-electron chi connectivity index (χ3n) is 4.45. The maximum Gasteiger partial charge on any atom is 0.119 e. The summed E-state index contributed by atoms with van der Waals surface area (Å²) >= 11 is 0. The Balaban J connectivity index is 1.95. The van der Waals surface area contributed by atoms with E-state index in [-0.39, 0.29) is 6.10 Å². The van der Waals surface area contributed by atoms with Gasteiger partial charge in [0, 0.05) is 7.11 Å². The predicted octanol–water partition coefficient (Wildman–Crippen LogP) is 6.13. The van der Waals surface area contributed by atoms with Gasteiger partial charge in [0.25, 0.3) is 0 Å². The van der Waals surface area contributed by atoms with Crippen LogP contribution in [-0.4, -0.2) is 13.7 Å². The van der Waals surface area contributed by atoms with Gasteiger partial charge in [0.1, 0.15) is 5.75 Å². The first kappa shape index (κ1) is 17.2. The van der Waals surface area contributed by atoms with Gasteiger partial charge in [-0.2, -0.15) is 0 Å². The van der Waals surface area contributed by atoms with Crippen molar-refractivity contribution < 1.29 is 9.47 Å². The largest absolute Gasteiger partial charge is 0.494 e. The van der Waals surface area contributed by atoms with Crippen molar-refractivity contribution in [3.05, 3.63) is 78.4 Å². The lowest BCUT2D eigenvalue weighted by molar-refractivity contribution is 0.119. The SMILES string of the molecule is CCOc1ccc(-c2ccccc2-c2ccc(C(C)OC)cc2)cc1. The molecule has 0 heterocycles. The molecule has 25 heavy (non-hydrogen) atoms. The molecule has 0 aliphatic rings. The van der Waals surface area contributed by atoms with Crippen molar-refractivity contribution in [1.29, 1.82) is 0 Å². The van der Waals surface area contributed by atoms with Gasteiger partial charge in [-0.3, -0.25) is 0 Å². The van der Waals surface area contributed by atoms with Crippen molar-refractivity contribution in [3.8, 4) is 28.0 Å². The molecule has 2 nitrogen and oxygen atoms in total. The van der Waals surface area contributed by atoms with Gasteiger partial charge in [-0.25, -0.2) is 0 Å². The first-order valence-corrected chi connectivity index (χ1v) is 8.68. The van der Waals surface area contributed by atoms with E-state index in [0.717, 1.165) is 5.75 Å². The van der Waals surface area contributed by atoms with E-state index in [0.29, 0.717) is 6.61 Å². The molecule has 3 rings (SSSR count). The Morgan fingerprint density at radius 1 is 0.760 bits per heavy atom. The summed E-state index contributed by atoms with van der Waals surface area (Å²) < 4.78 is 10.9. The number of benzene rings is 3. The van der Waals surface area contributed by atoms with Gasteiger partial charge >= 0.3 is 0 Å². The van der Waals surface area contributed by atoms with E-state index >= 15 is 0 Å². The van der Waals surface area contributed by atoms with Crippen LogP contribution in [0.2, 0.25) is 0 Å². The second-order valence-corrected chi connectivity index (χ2v) is 6.00. The molecule has 0 aliphatic carbocycles. The van der Waals surface area contributed by atoms with Gasteiger partial charge in [0.05, 0.1) is 12.7 Å². The Kier molecular flexibility index (Phi) is 5.52. The monoisotopic (exact) mass is 332 g/mol. The Morgan fingerprint density at radius 2 is 1.28 bits per heavy atom. The van der Waals surface area contributed by atoms with Crippen LogP contribution in [0.3, 0.4) is 0 Å². The van der Waals surface area contributed by atoms with Gasteiger partial charge in [0.2, 0.25) is 0 Å². The zero-order valence-electron chi connectivity index (χ0n) is 15.0. The van der Waals surface area contributed by atoms with Gasteiger partial charge in [-0.15, -0.1) is 0 Å². The number of ether oxygens (including phenoxy) is 2. The summed E-state index contributed by atoms with van der Waals surface area (Å²) in [5.74, 6) is 0.904. The molecular formula is C23H24O2. The van der Waals surface area contributed by atoms with E-state index in [1.807, 2.05) is 19.1 Å². The molecule has 128 valence electrons. The van der Waals surface area contributed by atoms with E-state index in [1.165, 1.54) is 27.8 Å². The lowest BCUT2D eigenvalue weighted by atomic mass is 9.94. The number of rotatable bonds is 6. The molecule has 0 aliphatic heterocycles. The van der Waals surface area contributed by atoms with Crippen LogP contribution in [0.5, 0.6) is 5.75 Å². The molecule has 1 unspecified atom stereocenters. The molecule has 0 N–H and O–H groups in total. The van der Waals surface area contributed by atoms with Gasteiger partial charge in [0.15, 0.2) is 0 Å². The molecule has 2 heteroatoms. The van der Waals surface area contributed by atoms with Crippen molar-refractivity contribution in [1.82, 2.24) is 0 Å². The number of methoxy groups -OCH3 is 1. The second-order valence-electron chi connectivity index (χ2n) is 6.00. The molecule has 0 saturated carbocycles. The standard InChI is InChI=1S/C23H24O2/c1-4-25-21-15-13-20(14-16-21)23-8-6-5-7-22(23)19-11-9-18(10-12-19)17(2)24-3/h5-17H,4H2,1-3H3. The summed E-state index contributed by atoms with van der Waals surface area (Å²) in [5.41, 5.74) is 6.02. The van der Waals surface area contributed by atoms with Crippen molar-refractivity contribution in [3.63, 3.8) is 0 Å². The third kappa shape index (κ3) is 3.92. The van der Waals surface area contributed by atoms with Crippen LogP contribution in [0, 0.1) is 0 Å². The summed E-state index contributed by atoms with van der Waals surface area (Å²) in [4.78, 5) is 0. The van der Waals surface area contributed by atoms with Gasteiger partial charge in [-0.05, 0) is 53.8 Å². The van der Waals surface area contributed by atoms with E-state index in [1.54, 1.807) is 7.11 Å². The van der Waals surface area contributed by atoms with Crippen LogP contribution < -0.4 is 4.74 Å². The van der Waals surface area contributed by atoms with Crippen LogP contribution in [0.15, 0.2) is 72.8 Å². The van der Waals surface area contributed by atoms with E-state index in [4.69, 9.17) is 9.47 Å². The molecule has 1 atom stereocenters. The first-order chi connectivity index (χ1) is 12.2. The molecular weight excluding hydrogens is 308 g/mol. The molecule has 0 radical (unpaired) electrons. The minimum absolute atomic E-state index is 0.107. The summed E-state index contributed by atoms with van der Waals surface area (Å²) in [7, 11) is 1.74. The Bertz CT molecular complexity index is 804. The molecule has 0 saturated heterocycles. The fourth-order valence-corrected chi connectivity index (χ4v) is 2.95. The van der Waals surface area contributed by atoms with E-state index in [9.17, 15) is 0 Å². The molecule has 0 amide bonds. The summed E-state index contributed by atoms with van der Waals surface area (Å²) in [6, 6.07) is 25.4. The summed E-state index contributed by atoms with van der Waals surface area (Å²) in [5, 5.41) is 0. The number of hydrogen-bond acceptors (Lipinski definition) is 2. The Morgan fingerprint density at radius 3 is 1.76 bits per heavy atom. The molecule has 0 bridgehead atoms. The van der Waals surface area contributed by atoms with Crippen molar-refractivity contribution >= 4 is 0 Å². The fraction of sp³-hybridized carbons (Fsp3) is 0.217. The smallest absolute Gasteiger partial charge is 0.119 e. The van der Waals surface area contributed by atoms with Gasteiger partial charge in [-0.1, -0.05) is 60.7 Å². The minimum atomic E-state index is 0.107. The van der Waals surface area contributed by atoms with Gasteiger partial charge < -0.3 is 9.47 Å². The minimum Gasteiger partial charge on any atom is -0.494 e. The summed E-state index contributed by atoms with van der Waals surface area (Å²) in [6.45, 7) is 4.74. The van der Waals surface area contributed by atoms with Crippen LogP contribution >= 0.6 is 0 Å². The highest BCUT2D eigenvalue weighted by atomic mass is 16.5. The van der Waals surface area contributed by atoms with Crippen LogP contribution in [0.25, 0.3) is 22.3 Å². The highest BCUT2D eigenvalue weighted by molar-refractivity contribution is 5.83. The topological polar surface area (TPSA) is 18.5 Å². The predicted molar refractivity (Wildman–Crippen MR) is 104 cm³/mol. The first-order valence-electron chi connectivity index (χ1n) is 8.68. The average molecular weight is 332 g/mol. The summed E-state index contributed by atoms with van der Waals surface area (Å²) in [6.07, 6.45) is 0.107. The van der Waals surface area contributed by atoms with Crippen LogP contribution in [-0.2, 0) is 4.74 Å². The highest BCUT2D eigenvalue weighted by Gasteiger charge is 2.09. The maximum atomic E-state index is 5.55. The normalized spacial score (nSPS) is 12.0. The molecule has 0 spiro atoms. The lowest BCUT2D eigenvalue weighted by Gasteiger charge is -2.13. The lowest BCUT2D eigenvalue weighted by Crippen LogP contribution is -1.95. The molecule has 3 aromatic carbocycles. The Hall–Kier alpha value is -2.58. The maximum absolute atomic E-state index is 5.55. The highest BCUT2D eigenvalue weighted by Crippen LogP contribution is 2.33.